The lowest BCUT2D eigenvalue weighted by Gasteiger charge is -2.30. The van der Waals surface area contributed by atoms with Crippen molar-refractivity contribution in [1.82, 2.24) is 15.5 Å². The molecule has 1 aliphatic rings. The van der Waals surface area contributed by atoms with Gasteiger partial charge < -0.3 is 25.0 Å². The lowest BCUT2D eigenvalue weighted by atomic mass is 9.83. The molecule has 7 nitrogen and oxygen atoms in total. The molecule has 1 aliphatic carbocycles. The van der Waals surface area contributed by atoms with Crippen LogP contribution >= 0.6 is 24.0 Å². The molecule has 0 aromatic heterocycles. The van der Waals surface area contributed by atoms with Gasteiger partial charge in [0, 0.05) is 47.4 Å². The predicted octanol–water partition coefficient (Wildman–Crippen LogP) is 3.87. The molecule has 0 bridgehead atoms. The highest BCUT2D eigenvalue weighted by Gasteiger charge is 2.33. The summed E-state index contributed by atoms with van der Waals surface area (Å²) in [6.45, 7) is 10.8. The first-order chi connectivity index (χ1) is 13.1. The van der Waals surface area contributed by atoms with Crippen molar-refractivity contribution in [2.45, 2.75) is 65.4 Å². The van der Waals surface area contributed by atoms with Gasteiger partial charge >= 0.3 is 6.09 Å². The number of carbonyl (C=O) groups excluding carboxylic acids is 1. The van der Waals surface area contributed by atoms with Crippen LogP contribution in [0.1, 0.15) is 59.8 Å². The highest BCUT2D eigenvalue weighted by Crippen LogP contribution is 2.40. The first kappa shape index (κ1) is 28.2. The van der Waals surface area contributed by atoms with Crippen LogP contribution in [-0.4, -0.2) is 70.0 Å². The molecule has 0 aromatic rings. The van der Waals surface area contributed by atoms with Crippen molar-refractivity contribution in [3.05, 3.63) is 0 Å². The molecule has 1 fully saturated rings. The highest BCUT2D eigenvalue weighted by molar-refractivity contribution is 14.0. The molecule has 1 amide bonds. The highest BCUT2D eigenvalue weighted by atomic mass is 127. The van der Waals surface area contributed by atoms with Crippen LogP contribution in [0, 0.1) is 11.3 Å². The lowest BCUT2D eigenvalue weighted by Crippen LogP contribution is -2.45. The van der Waals surface area contributed by atoms with Gasteiger partial charge in [-0.1, -0.05) is 19.8 Å². The van der Waals surface area contributed by atoms with Crippen molar-refractivity contribution in [3.8, 4) is 0 Å². The molecule has 29 heavy (non-hydrogen) atoms. The summed E-state index contributed by atoms with van der Waals surface area (Å²) in [5.41, 5.74) is -0.159. The van der Waals surface area contributed by atoms with Crippen molar-refractivity contribution in [1.29, 1.82) is 0 Å². The van der Waals surface area contributed by atoms with E-state index in [0.29, 0.717) is 12.0 Å². The van der Waals surface area contributed by atoms with E-state index in [9.17, 15) is 4.79 Å². The van der Waals surface area contributed by atoms with E-state index in [4.69, 9.17) is 9.47 Å². The Bertz CT molecular complexity index is 503. The van der Waals surface area contributed by atoms with Crippen LogP contribution in [0.5, 0.6) is 0 Å². The van der Waals surface area contributed by atoms with Crippen LogP contribution < -0.4 is 10.6 Å². The number of carbonyl (C=O) groups is 1. The van der Waals surface area contributed by atoms with E-state index in [0.717, 1.165) is 32.1 Å². The maximum Gasteiger partial charge on any atom is 0.410 e. The number of ether oxygens (including phenoxy) is 2. The second-order valence-corrected chi connectivity index (χ2v) is 9.22. The van der Waals surface area contributed by atoms with Gasteiger partial charge in [0.2, 0.25) is 0 Å². The Morgan fingerprint density at radius 1 is 1.24 bits per heavy atom. The summed E-state index contributed by atoms with van der Waals surface area (Å²) in [7, 11) is 5.34. The Labute approximate surface area is 194 Å². The van der Waals surface area contributed by atoms with E-state index >= 15 is 0 Å². The zero-order valence-corrected chi connectivity index (χ0v) is 21.8. The van der Waals surface area contributed by atoms with Crippen LogP contribution in [0.2, 0.25) is 0 Å². The summed E-state index contributed by atoms with van der Waals surface area (Å²) in [6.07, 6.45) is 5.89. The number of nitrogens with one attached hydrogen (secondary N) is 2. The first-order valence-electron chi connectivity index (χ1n) is 10.5. The SMILES string of the molecule is CN=C(NCC(C)CN(C)C(=O)OC(C)(C)C)NCC1(CCOC)CCCC1.I. The summed E-state index contributed by atoms with van der Waals surface area (Å²) in [4.78, 5) is 18.1. The number of nitrogens with zero attached hydrogens (tertiary/aromatic N) is 2. The summed E-state index contributed by atoms with van der Waals surface area (Å²) >= 11 is 0. The van der Waals surface area contributed by atoms with Crippen LogP contribution in [-0.2, 0) is 9.47 Å². The van der Waals surface area contributed by atoms with Crippen molar-refractivity contribution in [2.75, 3.05) is 47.4 Å². The minimum absolute atomic E-state index is 0. The van der Waals surface area contributed by atoms with Gasteiger partial charge in [-0.15, -0.1) is 24.0 Å². The van der Waals surface area contributed by atoms with Crippen LogP contribution in [0.3, 0.4) is 0 Å². The van der Waals surface area contributed by atoms with Gasteiger partial charge in [0.15, 0.2) is 5.96 Å². The number of guanidine groups is 1. The summed E-state index contributed by atoms with van der Waals surface area (Å²) in [5.74, 6) is 1.08. The Balaban J connectivity index is 0.00000784. The maximum absolute atomic E-state index is 12.1. The van der Waals surface area contributed by atoms with E-state index in [2.05, 4.69) is 22.5 Å². The fourth-order valence-electron chi connectivity index (χ4n) is 3.67. The number of hydrogen-bond acceptors (Lipinski definition) is 4. The standard InChI is InChI=1S/C21H42N4O3.HI/c1-17(15-25(6)19(26)28-20(2,3)4)14-23-18(22-5)24-16-21(12-13-27-7)10-8-9-11-21;/h17H,8-16H2,1-7H3,(H2,22,23,24);1H. The quantitative estimate of drug-likeness (QED) is 0.271. The second-order valence-electron chi connectivity index (χ2n) is 9.22. The molecule has 1 atom stereocenters. The molecule has 0 aromatic carbocycles. The van der Waals surface area contributed by atoms with Crippen LogP contribution in [0.25, 0.3) is 0 Å². The molecular weight excluding hydrogens is 483 g/mol. The van der Waals surface area contributed by atoms with Crippen molar-refractivity contribution in [3.63, 3.8) is 0 Å². The van der Waals surface area contributed by atoms with Crippen LogP contribution in [0.15, 0.2) is 4.99 Å². The minimum Gasteiger partial charge on any atom is -0.444 e. The first-order valence-corrected chi connectivity index (χ1v) is 10.5. The van der Waals surface area contributed by atoms with Crippen molar-refractivity contribution < 1.29 is 14.3 Å². The predicted molar refractivity (Wildman–Crippen MR) is 130 cm³/mol. The van der Waals surface area contributed by atoms with Crippen molar-refractivity contribution >= 4 is 36.0 Å². The third kappa shape index (κ3) is 11.3. The number of amides is 1. The number of rotatable bonds is 9. The van der Waals surface area contributed by atoms with Gasteiger partial charge in [-0.2, -0.15) is 0 Å². The molecule has 1 saturated carbocycles. The molecule has 1 rings (SSSR count). The zero-order chi connectivity index (χ0) is 21.2. The topological polar surface area (TPSA) is 75.2 Å². The third-order valence-corrected chi connectivity index (χ3v) is 5.26. The molecule has 0 spiro atoms. The van der Waals surface area contributed by atoms with E-state index < -0.39 is 5.60 Å². The molecule has 0 heterocycles. The summed E-state index contributed by atoms with van der Waals surface area (Å²) < 4.78 is 10.7. The maximum atomic E-state index is 12.1. The monoisotopic (exact) mass is 526 g/mol. The zero-order valence-electron chi connectivity index (χ0n) is 19.5. The Hall–Kier alpha value is -0.770. The Kier molecular flexibility index (Phi) is 13.2. The average molecular weight is 527 g/mol. The van der Waals surface area contributed by atoms with E-state index in [-0.39, 0.29) is 36.0 Å². The number of methoxy groups -OCH3 is 1. The van der Waals surface area contributed by atoms with Gasteiger partial charge in [-0.25, -0.2) is 4.79 Å². The number of hydrogen-bond donors (Lipinski definition) is 2. The van der Waals surface area contributed by atoms with E-state index in [1.54, 1.807) is 26.1 Å². The minimum atomic E-state index is -0.474. The van der Waals surface area contributed by atoms with Crippen molar-refractivity contribution in [2.24, 2.45) is 16.3 Å². The van der Waals surface area contributed by atoms with E-state index in [1.165, 1.54) is 25.7 Å². The fraction of sp³-hybridized carbons (Fsp3) is 0.905. The van der Waals surface area contributed by atoms with Gasteiger partial charge in [-0.3, -0.25) is 4.99 Å². The van der Waals surface area contributed by atoms with Gasteiger partial charge in [-0.05, 0) is 51.4 Å². The molecule has 1 unspecified atom stereocenters. The lowest BCUT2D eigenvalue weighted by molar-refractivity contribution is 0.0278. The van der Waals surface area contributed by atoms with E-state index in [1.807, 2.05) is 20.8 Å². The fourth-order valence-corrected chi connectivity index (χ4v) is 3.67. The van der Waals surface area contributed by atoms with Gasteiger partial charge in [0.1, 0.15) is 5.60 Å². The largest absolute Gasteiger partial charge is 0.444 e. The molecule has 172 valence electrons. The van der Waals surface area contributed by atoms with Gasteiger partial charge in [0.05, 0.1) is 0 Å². The molecule has 0 aliphatic heterocycles. The smallest absolute Gasteiger partial charge is 0.410 e. The Morgan fingerprint density at radius 3 is 2.38 bits per heavy atom. The molecular formula is C21H43IN4O3. The molecule has 0 saturated heterocycles. The normalized spacial score (nSPS) is 17.3. The molecule has 2 N–H and O–H groups in total. The third-order valence-electron chi connectivity index (χ3n) is 5.26. The number of halogens is 1. The summed E-state index contributed by atoms with van der Waals surface area (Å²) in [5, 5.41) is 6.89. The number of aliphatic imine (C=N–C) groups is 1. The average Bonchev–Trinajstić information content (AvgIpc) is 3.07. The van der Waals surface area contributed by atoms with Crippen LogP contribution in [0.4, 0.5) is 4.79 Å². The van der Waals surface area contributed by atoms with Gasteiger partial charge in [0.25, 0.3) is 0 Å². The molecule has 0 radical (unpaired) electrons. The molecule has 8 heteroatoms. The Morgan fingerprint density at radius 2 is 1.86 bits per heavy atom. The summed E-state index contributed by atoms with van der Waals surface area (Å²) in [6, 6.07) is 0. The second kappa shape index (κ2) is 13.5.